The Labute approximate surface area is 237 Å². The third-order valence-corrected chi connectivity index (χ3v) is 8.46. The summed E-state index contributed by atoms with van der Waals surface area (Å²) < 4.78 is 7.25. The quantitative estimate of drug-likeness (QED) is 0.162. The summed E-state index contributed by atoms with van der Waals surface area (Å²) in [6.45, 7) is 0. The molecular weight excluding hydrogens is 530 g/mol. The zero-order valence-corrected chi connectivity index (χ0v) is 22.3. The molecule has 0 unspecified atom stereocenters. The molecule has 0 amide bonds. The van der Waals surface area contributed by atoms with Crippen LogP contribution in [-0.4, -0.2) is 21.5 Å². The summed E-state index contributed by atoms with van der Waals surface area (Å²) in [6.07, 6.45) is 8.81. The fourth-order valence-electron chi connectivity index (χ4n) is 5.47. The number of pyridine rings is 2. The third-order valence-electron chi connectivity index (χ3n) is 7.36. The van der Waals surface area contributed by atoms with Crippen molar-refractivity contribution in [2.45, 2.75) is 0 Å². The van der Waals surface area contributed by atoms with E-state index in [-0.39, 0.29) is 17.1 Å². The topological polar surface area (TPSA) is 76.3 Å². The molecule has 41 heavy (non-hydrogen) atoms. The molecule has 0 N–H and O–H groups in total. The van der Waals surface area contributed by atoms with E-state index in [9.17, 15) is 9.59 Å². The lowest BCUT2D eigenvalue weighted by Crippen LogP contribution is -2.10. The lowest BCUT2D eigenvalue weighted by atomic mass is 10.0. The van der Waals surface area contributed by atoms with Crippen molar-refractivity contribution in [1.82, 2.24) is 9.97 Å². The van der Waals surface area contributed by atoms with Crippen molar-refractivity contribution in [1.29, 1.82) is 0 Å². The summed E-state index contributed by atoms with van der Waals surface area (Å²) in [5.41, 5.74) is 5.29. The molecule has 7 heteroatoms. The molecule has 0 bridgehead atoms. The van der Waals surface area contributed by atoms with Crippen molar-refractivity contribution in [2.24, 2.45) is 0 Å². The molecule has 4 aromatic heterocycles. The van der Waals surface area contributed by atoms with E-state index in [0.717, 1.165) is 48.4 Å². The molecule has 0 saturated heterocycles. The molecule has 0 atom stereocenters. The predicted molar refractivity (Wildman–Crippen MR) is 162 cm³/mol. The van der Waals surface area contributed by atoms with E-state index in [0.29, 0.717) is 16.7 Å². The summed E-state index contributed by atoms with van der Waals surface area (Å²) in [6, 6.07) is 27.2. The van der Waals surface area contributed by atoms with Crippen LogP contribution in [0, 0.1) is 0 Å². The van der Waals surface area contributed by atoms with Crippen molar-refractivity contribution >= 4 is 78.1 Å². The van der Waals surface area contributed by atoms with Gasteiger partial charge in [0.1, 0.15) is 11.2 Å². The second-order valence-electron chi connectivity index (χ2n) is 9.84. The molecule has 0 saturated carbocycles. The number of benzene rings is 3. The van der Waals surface area contributed by atoms with E-state index < -0.39 is 0 Å². The van der Waals surface area contributed by atoms with E-state index in [4.69, 9.17) is 4.42 Å². The Morgan fingerprint density at radius 1 is 0.683 bits per heavy atom. The third kappa shape index (κ3) is 3.78. The number of allylic oxidation sites excluding steroid dienone is 1. The zero-order valence-electron chi connectivity index (χ0n) is 21.4. The van der Waals surface area contributed by atoms with E-state index in [1.807, 2.05) is 97.3 Å². The maximum Gasteiger partial charge on any atom is 0.197 e. The Kier molecular flexibility index (Phi) is 5.20. The fraction of sp³-hybridized carbons (Fsp3) is 0. The standard InChI is InChI=1S/C34H19N3O3S/c38-32-27-13-20-5-1-2-6-21(20)14-28(27)33(39)29(32)16-25-17-31-34(41-25)26-10-9-22(15-30(26)40-31)37(23-7-3-11-35-18-23)24-8-4-12-36-19-24/h1-19H. The van der Waals surface area contributed by atoms with Gasteiger partial charge in [-0.3, -0.25) is 19.6 Å². The molecule has 0 fully saturated rings. The zero-order chi connectivity index (χ0) is 27.5. The van der Waals surface area contributed by atoms with Crippen LogP contribution < -0.4 is 4.90 Å². The fourth-order valence-corrected chi connectivity index (χ4v) is 6.53. The van der Waals surface area contributed by atoms with Crippen LogP contribution in [0.15, 0.2) is 120 Å². The van der Waals surface area contributed by atoms with Gasteiger partial charge in [0.2, 0.25) is 0 Å². The molecule has 7 aromatic rings. The van der Waals surface area contributed by atoms with Crippen molar-refractivity contribution in [3.8, 4) is 0 Å². The molecule has 6 nitrogen and oxygen atoms in total. The highest BCUT2D eigenvalue weighted by atomic mass is 32.1. The average molecular weight is 550 g/mol. The Balaban J connectivity index is 1.18. The van der Waals surface area contributed by atoms with Crippen molar-refractivity contribution in [2.75, 3.05) is 4.90 Å². The highest BCUT2D eigenvalue weighted by molar-refractivity contribution is 7.20. The van der Waals surface area contributed by atoms with Crippen molar-refractivity contribution in [3.63, 3.8) is 0 Å². The van der Waals surface area contributed by atoms with Gasteiger partial charge in [0, 0.05) is 45.5 Å². The first kappa shape index (κ1) is 23.5. The molecule has 3 aromatic carbocycles. The number of Topliss-reactive ketones (excluding diaryl/α,β-unsaturated/α-hetero) is 2. The molecule has 4 heterocycles. The number of aromatic nitrogens is 2. The Hall–Kier alpha value is -5.40. The van der Waals surface area contributed by atoms with E-state index in [2.05, 4.69) is 14.9 Å². The Morgan fingerprint density at radius 2 is 1.34 bits per heavy atom. The van der Waals surface area contributed by atoms with Crippen LogP contribution in [-0.2, 0) is 0 Å². The molecule has 1 aliphatic carbocycles. The van der Waals surface area contributed by atoms with E-state index >= 15 is 0 Å². The number of thiophene rings is 1. The van der Waals surface area contributed by atoms with Gasteiger partial charge in [-0.15, -0.1) is 11.3 Å². The van der Waals surface area contributed by atoms with Gasteiger partial charge in [0.15, 0.2) is 11.6 Å². The highest BCUT2D eigenvalue weighted by Crippen LogP contribution is 2.41. The molecule has 0 spiro atoms. The summed E-state index contributed by atoms with van der Waals surface area (Å²) >= 11 is 1.50. The number of carbonyl (C=O) groups excluding carboxylic acids is 2. The molecule has 1 aliphatic rings. The smallest absolute Gasteiger partial charge is 0.197 e. The molecule has 0 radical (unpaired) electrons. The number of hydrogen-bond donors (Lipinski definition) is 0. The number of rotatable bonds is 4. The number of nitrogens with zero attached hydrogens (tertiary/aromatic N) is 3. The van der Waals surface area contributed by atoms with Gasteiger partial charge in [-0.1, -0.05) is 24.3 Å². The second kappa shape index (κ2) is 9.08. The summed E-state index contributed by atoms with van der Waals surface area (Å²) in [5.74, 6) is -0.470. The van der Waals surface area contributed by atoms with Crippen LogP contribution in [0.4, 0.5) is 17.1 Å². The SMILES string of the molecule is O=C1C(=Cc2cc3oc4cc(N(c5cccnc5)c5cccnc5)ccc4c3s2)C(=O)c2cc3ccccc3cc21. The molecule has 0 aliphatic heterocycles. The van der Waals surface area contributed by atoms with Crippen molar-refractivity contribution in [3.05, 3.63) is 131 Å². The van der Waals surface area contributed by atoms with E-state index in [1.165, 1.54) is 11.3 Å². The Morgan fingerprint density at radius 3 is 1.95 bits per heavy atom. The summed E-state index contributed by atoms with van der Waals surface area (Å²) in [7, 11) is 0. The minimum Gasteiger partial charge on any atom is -0.455 e. The molecule has 194 valence electrons. The van der Waals surface area contributed by atoms with Crippen LogP contribution in [0.1, 0.15) is 25.6 Å². The highest BCUT2D eigenvalue weighted by Gasteiger charge is 2.33. The predicted octanol–water partition coefficient (Wildman–Crippen LogP) is 8.52. The first-order valence-electron chi connectivity index (χ1n) is 13.0. The number of carbonyl (C=O) groups is 2. The number of fused-ring (bicyclic) bond motifs is 5. The minimum atomic E-state index is -0.235. The van der Waals surface area contributed by atoms with Crippen LogP contribution in [0.3, 0.4) is 0 Å². The number of furan rings is 1. The average Bonchev–Trinajstić information content (AvgIpc) is 3.63. The maximum atomic E-state index is 13.2. The maximum absolute atomic E-state index is 13.2. The van der Waals surface area contributed by atoms with Gasteiger partial charge in [-0.2, -0.15) is 0 Å². The second-order valence-corrected chi connectivity index (χ2v) is 10.9. The van der Waals surface area contributed by atoms with E-state index in [1.54, 1.807) is 18.5 Å². The van der Waals surface area contributed by atoms with Crippen LogP contribution in [0.25, 0.3) is 38.1 Å². The van der Waals surface area contributed by atoms with Gasteiger partial charge in [-0.05, 0) is 71.4 Å². The van der Waals surface area contributed by atoms with Crippen LogP contribution in [0.2, 0.25) is 0 Å². The monoisotopic (exact) mass is 549 g/mol. The number of hydrogen-bond acceptors (Lipinski definition) is 7. The van der Waals surface area contributed by atoms with Crippen LogP contribution >= 0.6 is 11.3 Å². The van der Waals surface area contributed by atoms with Gasteiger partial charge in [0.25, 0.3) is 0 Å². The summed E-state index contributed by atoms with van der Waals surface area (Å²) in [5, 5.41) is 2.85. The minimum absolute atomic E-state index is 0.189. The lowest BCUT2D eigenvalue weighted by molar-refractivity contribution is 0.0990. The van der Waals surface area contributed by atoms with Gasteiger partial charge < -0.3 is 9.32 Å². The number of ketones is 2. The lowest BCUT2D eigenvalue weighted by Gasteiger charge is -2.24. The Bertz CT molecular complexity index is 2100. The van der Waals surface area contributed by atoms with Crippen LogP contribution in [0.5, 0.6) is 0 Å². The molecular formula is C34H19N3O3S. The first-order valence-corrected chi connectivity index (χ1v) is 13.9. The molecule has 8 rings (SSSR count). The van der Waals surface area contributed by atoms with Gasteiger partial charge >= 0.3 is 0 Å². The normalized spacial score (nSPS) is 12.9. The first-order chi connectivity index (χ1) is 20.1. The van der Waals surface area contributed by atoms with Gasteiger partial charge in [-0.25, -0.2) is 0 Å². The summed E-state index contributed by atoms with van der Waals surface area (Å²) in [4.78, 5) is 37.9. The van der Waals surface area contributed by atoms with Crippen molar-refractivity contribution < 1.29 is 14.0 Å². The number of anilines is 3. The largest absolute Gasteiger partial charge is 0.455 e. The van der Waals surface area contributed by atoms with Gasteiger partial charge in [0.05, 0.1) is 34.0 Å².